The van der Waals surface area contributed by atoms with E-state index in [1.165, 1.54) is 40.1 Å². The molecule has 1 radical (unpaired) electrons. The first kappa shape index (κ1) is 30.8. The molecule has 0 aliphatic rings. The van der Waals surface area contributed by atoms with Crippen LogP contribution in [-0.2, 0) is 38.3 Å². The van der Waals surface area contributed by atoms with E-state index in [2.05, 4.69) is 90.3 Å². The number of furan rings is 1. The number of benzene rings is 4. The minimum absolute atomic E-state index is 0. The predicted molar refractivity (Wildman–Crippen MR) is 238 cm³/mol. The Bertz CT molecular complexity index is 3100. The van der Waals surface area contributed by atoms with Crippen LogP contribution in [0.3, 0.4) is 0 Å². The number of rotatable bonds is 7. The Morgan fingerprint density at radius 1 is 0.690 bits per heavy atom. The van der Waals surface area contributed by atoms with E-state index in [0.29, 0.717) is 33.2 Å². The van der Waals surface area contributed by atoms with Gasteiger partial charge < -0.3 is 14.4 Å². The van der Waals surface area contributed by atoms with Crippen molar-refractivity contribution in [2.24, 2.45) is 5.41 Å². The van der Waals surface area contributed by atoms with Gasteiger partial charge >= 0.3 is 0 Å². The Morgan fingerprint density at radius 2 is 1.40 bits per heavy atom. The van der Waals surface area contributed by atoms with E-state index in [-0.39, 0.29) is 48.2 Å². The monoisotopic (exact) mass is 950 g/mol. The van der Waals surface area contributed by atoms with Crippen molar-refractivity contribution >= 4 is 22.1 Å². The van der Waals surface area contributed by atoms with Gasteiger partial charge in [0.05, 0.1) is 5.58 Å². The van der Waals surface area contributed by atoms with Crippen molar-refractivity contribution in [2.45, 2.75) is 87.3 Å². The molecule has 0 saturated heterocycles. The molecule has 297 valence electrons. The van der Waals surface area contributed by atoms with Crippen molar-refractivity contribution in [1.29, 1.82) is 0 Å². The first-order valence-corrected chi connectivity index (χ1v) is 19.0. The zero-order valence-electron chi connectivity index (χ0n) is 44.1. The summed E-state index contributed by atoms with van der Waals surface area (Å²) in [6.45, 7) is 9.96. The molecule has 0 amide bonds. The molecule has 5 heteroatoms. The Labute approximate surface area is 372 Å². The number of hydrogen-bond acceptors (Lipinski definition) is 4. The average Bonchev–Trinajstić information content (AvgIpc) is 3.65. The molecule has 0 fully saturated rings. The molecule has 0 spiro atoms. The van der Waals surface area contributed by atoms with Crippen LogP contribution in [0.25, 0.3) is 55.7 Å². The fourth-order valence-electron chi connectivity index (χ4n) is 6.83. The van der Waals surface area contributed by atoms with Crippen molar-refractivity contribution in [3.63, 3.8) is 0 Å². The van der Waals surface area contributed by atoms with Gasteiger partial charge in [-0.25, -0.2) is 4.98 Å². The van der Waals surface area contributed by atoms with Gasteiger partial charge in [-0.2, -0.15) is 0 Å². The molecule has 8 aromatic rings. The van der Waals surface area contributed by atoms with Crippen LogP contribution in [0.5, 0.6) is 0 Å². The van der Waals surface area contributed by atoms with Gasteiger partial charge in [0.2, 0.25) is 5.71 Å². The zero-order valence-corrected chi connectivity index (χ0v) is 36.4. The van der Waals surface area contributed by atoms with Crippen LogP contribution < -0.4 is 0 Å². The average molecular weight is 950 g/mol. The number of hydrogen-bond donors (Lipinski definition) is 0. The Balaban J connectivity index is 0.000000288. The van der Waals surface area contributed by atoms with E-state index in [4.69, 9.17) is 15.4 Å². The summed E-state index contributed by atoms with van der Waals surface area (Å²) in [5.74, 6) is 0. The zero-order chi connectivity index (χ0) is 49.1. The van der Waals surface area contributed by atoms with Crippen LogP contribution in [0, 0.1) is 52.0 Å². The number of aryl methyl sites for hydroxylation is 5. The van der Waals surface area contributed by atoms with Crippen LogP contribution in [0.2, 0.25) is 0 Å². The van der Waals surface area contributed by atoms with Crippen molar-refractivity contribution in [2.75, 3.05) is 0 Å². The van der Waals surface area contributed by atoms with Gasteiger partial charge in [0.25, 0.3) is 0 Å². The van der Waals surface area contributed by atoms with E-state index < -0.39 is 37.3 Å². The van der Waals surface area contributed by atoms with Crippen molar-refractivity contribution in [3.8, 4) is 33.6 Å². The quantitative estimate of drug-likeness (QED) is 0.149. The van der Waals surface area contributed by atoms with Gasteiger partial charge in [-0.05, 0) is 108 Å². The van der Waals surface area contributed by atoms with Gasteiger partial charge in [-0.3, -0.25) is 0 Å². The number of nitrogens with zero attached hydrogens (tertiary/aromatic N) is 3. The van der Waals surface area contributed by atoms with Gasteiger partial charge in [0.1, 0.15) is 0 Å². The van der Waals surface area contributed by atoms with Gasteiger partial charge in [-0.15, -0.1) is 47.5 Å². The third-order valence-corrected chi connectivity index (χ3v) is 9.88. The van der Waals surface area contributed by atoms with Crippen molar-refractivity contribution in [1.82, 2.24) is 15.0 Å². The molecule has 0 aliphatic carbocycles. The molecule has 8 rings (SSSR count). The maximum atomic E-state index is 9.30. The molecule has 4 aromatic carbocycles. The molecule has 0 unspecified atom stereocenters. The molecular formula is C53H53IrN3O-2. The second-order valence-corrected chi connectivity index (χ2v) is 16.0. The fraction of sp³-hybridized carbons (Fsp3) is 0.264. The summed E-state index contributed by atoms with van der Waals surface area (Å²) in [7, 11) is 0. The second kappa shape index (κ2) is 17.3. The van der Waals surface area contributed by atoms with Crippen LogP contribution in [-0.4, -0.2) is 15.0 Å². The first-order valence-electron chi connectivity index (χ1n) is 24.0. The van der Waals surface area contributed by atoms with Gasteiger partial charge in [0, 0.05) is 57.3 Å². The second-order valence-electron chi connectivity index (χ2n) is 16.0. The Kier molecular flexibility index (Phi) is 9.20. The minimum Gasteiger partial charge on any atom is -0.486 e. The number of fused-ring (bicyclic) bond motifs is 3. The Hall–Kier alpha value is -5.22. The van der Waals surface area contributed by atoms with Crippen LogP contribution in [0.1, 0.15) is 93.0 Å². The van der Waals surface area contributed by atoms with Crippen molar-refractivity contribution < 1.29 is 38.2 Å². The third kappa shape index (κ3) is 9.55. The summed E-state index contributed by atoms with van der Waals surface area (Å²) in [5.41, 5.74) is 7.90. The van der Waals surface area contributed by atoms with Crippen LogP contribution in [0.15, 0.2) is 120 Å². The topological polar surface area (TPSA) is 51.8 Å². The SMILES string of the molecule is Cc1cnc(-c2[c-]cc(C)c(-c3ccccc3)c2)cc1C.[2H]C([2H])([2H])c1ccc2c(n1)oc1c(-c3cc(C(C)(C)C([2H])([2H])c4ccc(C([2H])([2H])C(C)(C)C)cc4)c(C([2H])([2H])[2H])cn3)[c-]ccc12.[Ir]. The molecule has 0 bridgehead atoms. The summed E-state index contributed by atoms with van der Waals surface area (Å²) in [6, 6.07) is 37.6. The van der Waals surface area contributed by atoms with E-state index >= 15 is 0 Å². The van der Waals surface area contributed by atoms with Gasteiger partial charge in [-0.1, -0.05) is 130 Å². The molecule has 58 heavy (non-hydrogen) atoms. The largest absolute Gasteiger partial charge is 0.486 e. The molecule has 0 atom stereocenters. The number of pyridine rings is 3. The summed E-state index contributed by atoms with van der Waals surface area (Å²) in [5, 5.41) is 1.23. The van der Waals surface area contributed by atoms with Crippen LogP contribution >= 0.6 is 0 Å². The molecule has 0 saturated carbocycles. The molecule has 0 N–H and O–H groups in total. The standard InChI is InChI=1S/C33H35N2O.C20H18N.Ir/c1-21-20-34-29(27-10-8-9-25-26-16-11-22(2)35-31(26)36-30(25)27)17-28(21)33(6,7)19-24-14-12-23(13-15-24)18-32(3,4)5;1-14-9-10-18(20-11-15(2)16(3)13-21-20)12-19(14)17-7-5-4-6-8-17;/h8-9,11-17,20H,18-19H2,1-7H3;4-9,11-13H,1-3H3;/q2*-1;/i1D3,2D3,18D2,19D2;;. The van der Waals surface area contributed by atoms with Crippen molar-refractivity contribution in [3.05, 3.63) is 172 Å². The molecule has 4 aromatic heterocycles. The number of aromatic nitrogens is 3. The maximum Gasteiger partial charge on any atom is 0.216 e. The fourth-order valence-corrected chi connectivity index (χ4v) is 6.83. The normalized spacial score (nSPS) is 15.1. The first-order chi connectivity index (χ1) is 31.1. The van der Waals surface area contributed by atoms with Gasteiger partial charge in [0.15, 0.2) is 0 Å². The van der Waals surface area contributed by atoms with E-state index in [1.54, 1.807) is 83.1 Å². The predicted octanol–water partition coefficient (Wildman–Crippen LogP) is 13.7. The summed E-state index contributed by atoms with van der Waals surface area (Å²) in [4.78, 5) is 13.2. The summed E-state index contributed by atoms with van der Waals surface area (Å²) < 4.78 is 89.7. The Morgan fingerprint density at radius 3 is 2.09 bits per heavy atom. The summed E-state index contributed by atoms with van der Waals surface area (Å²) >= 11 is 0. The smallest absolute Gasteiger partial charge is 0.216 e. The van der Waals surface area contributed by atoms with E-state index in [0.717, 1.165) is 11.3 Å². The molecule has 4 heterocycles. The van der Waals surface area contributed by atoms with E-state index in [9.17, 15) is 2.74 Å². The molecule has 4 nitrogen and oxygen atoms in total. The molecular weight excluding hydrogens is 887 g/mol. The molecule has 0 aliphatic heterocycles. The van der Waals surface area contributed by atoms with E-state index in [1.807, 2.05) is 12.3 Å². The summed E-state index contributed by atoms with van der Waals surface area (Å²) in [6.07, 6.45) is -0.610. The third-order valence-electron chi connectivity index (χ3n) is 9.88. The minimum atomic E-state index is -2.61. The van der Waals surface area contributed by atoms with Crippen LogP contribution in [0.4, 0.5) is 0 Å². The maximum absolute atomic E-state index is 9.30.